The molecule has 146 valence electrons. The Kier molecular flexibility index (Phi) is 4.64. The summed E-state index contributed by atoms with van der Waals surface area (Å²) >= 11 is 0. The molecular formula is C19H21N5O3S. The van der Waals surface area contributed by atoms with Crippen molar-refractivity contribution in [3.05, 3.63) is 60.0 Å². The van der Waals surface area contributed by atoms with Gasteiger partial charge in [0, 0.05) is 32.4 Å². The molecule has 1 atom stereocenters. The molecule has 1 aromatic carbocycles. The summed E-state index contributed by atoms with van der Waals surface area (Å²) in [5.41, 5.74) is 1.08. The molecule has 1 aliphatic rings. The molecule has 1 amide bonds. The lowest BCUT2D eigenvalue weighted by Gasteiger charge is -2.24. The second-order valence-corrected chi connectivity index (χ2v) is 9.11. The number of hydrogen-bond acceptors (Lipinski definition) is 5. The molecule has 1 saturated heterocycles. The largest absolute Gasteiger partial charge is 0.328 e. The summed E-state index contributed by atoms with van der Waals surface area (Å²) in [6.07, 6.45) is 3.53. The third-order valence-electron chi connectivity index (χ3n) is 5.01. The van der Waals surface area contributed by atoms with E-state index in [1.807, 2.05) is 28.8 Å². The van der Waals surface area contributed by atoms with Crippen LogP contribution in [0.4, 0.5) is 0 Å². The van der Waals surface area contributed by atoms with Crippen LogP contribution >= 0.6 is 0 Å². The Balaban J connectivity index is 1.68. The van der Waals surface area contributed by atoms with Gasteiger partial charge in [0.1, 0.15) is 0 Å². The minimum atomic E-state index is -3.61. The maximum atomic E-state index is 13.2. The van der Waals surface area contributed by atoms with E-state index >= 15 is 0 Å². The van der Waals surface area contributed by atoms with Gasteiger partial charge in [0.15, 0.2) is 11.5 Å². The van der Waals surface area contributed by atoms with Gasteiger partial charge >= 0.3 is 0 Å². The van der Waals surface area contributed by atoms with Crippen LogP contribution in [0, 0.1) is 0 Å². The molecule has 3 aromatic rings. The van der Waals surface area contributed by atoms with Crippen LogP contribution < -0.4 is 0 Å². The lowest BCUT2D eigenvalue weighted by atomic mass is 10.1. The number of nitrogens with zero attached hydrogens (tertiary/aromatic N) is 5. The molecule has 2 aromatic heterocycles. The number of carbonyl (C=O) groups excluding carboxylic acids is 1. The molecule has 1 fully saturated rings. The third-order valence-corrected chi connectivity index (χ3v) is 6.82. The molecule has 28 heavy (non-hydrogen) atoms. The topological polar surface area (TPSA) is 87.9 Å². The monoisotopic (exact) mass is 399 g/mol. The average molecular weight is 399 g/mol. The van der Waals surface area contributed by atoms with E-state index in [0.29, 0.717) is 12.1 Å². The van der Waals surface area contributed by atoms with Crippen molar-refractivity contribution in [2.75, 3.05) is 20.6 Å². The highest BCUT2D eigenvalue weighted by atomic mass is 32.2. The van der Waals surface area contributed by atoms with Crippen molar-refractivity contribution in [2.45, 2.75) is 23.8 Å². The SMILES string of the molecule is CN(C)S(=O)(=O)c1cccc(C(=O)N2CCC[C@H]2c2nnc3ccccn23)c1. The first-order valence-electron chi connectivity index (χ1n) is 9.03. The van der Waals surface area contributed by atoms with Crippen LogP contribution in [0.3, 0.4) is 0 Å². The molecular weight excluding hydrogens is 378 g/mol. The van der Waals surface area contributed by atoms with Gasteiger partial charge in [-0.2, -0.15) is 0 Å². The van der Waals surface area contributed by atoms with Crippen molar-refractivity contribution in [3.63, 3.8) is 0 Å². The van der Waals surface area contributed by atoms with Gasteiger partial charge in [-0.1, -0.05) is 12.1 Å². The van der Waals surface area contributed by atoms with Gasteiger partial charge in [0.2, 0.25) is 10.0 Å². The molecule has 0 unspecified atom stereocenters. The number of aromatic nitrogens is 3. The van der Waals surface area contributed by atoms with Crippen molar-refractivity contribution >= 4 is 21.6 Å². The summed E-state index contributed by atoms with van der Waals surface area (Å²) in [6, 6.07) is 11.6. The number of sulfonamides is 1. The van der Waals surface area contributed by atoms with Gasteiger partial charge in [-0.05, 0) is 43.2 Å². The number of fused-ring (bicyclic) bond motifs is 1. The van der Waals surface area contributed by atoms with Gasteiger partial charge in [0.25, 0.3) is 5.91 Å². The zero-order chi connectivity index (χ0) is 19.9. The lowest BCUT2D eigenvalue weighted by molar-refractivity contribution is 0.0729. The summed E-state index contributed by atoms with van der Waals surface area (Å²) in [5, 5.41) is 8.49. The highest BCUT2D eigenvalue weighted by Gasteiger charge is 2.34. The number of carbonyl (C=O) groups is 1. The smallest absolute Gasteiger partial charge is 0.254 e. The second kappa shape index (κ2) is 6.99. The van der Waals surface area contributed by atoms with Crippen molar-refractivity contribution in [1.82, 2.24) is 23.8 Å². The molecule has 4 rings (SSSR count). The van der Waals surface area contributed by atoms with Crippen molar-refractivity contribution in [3.8, 4) is 0 Å². The third kappa shape index (κ3) is 3.06. The fourth-order valence-corrected chi connectivity index (χ4v) is 4.48. The van der Waals surface area contributed by atoms with Gasteiger partial charge in [-0.15, -0.1) is 10.2 Å². The molecule has 0 N–H and O–H groups in total. The average Bonchev–Trinajstić information content (AvgIpc) is 3.34. The van der Waals surface area contributed by atoms with Crippen LogP contribution in [0.1, 0.15) is 35.1 Å². The molecule has 9 heteroatoms. The van der Waals surface area contributed by atoms with E-state index < -0.39 is 10.0 Å². The molecule has 0 spiro atoms. The first kappa shape index (κ1) is 18.6. The van der Waals surface area contributed by atoms with Gasteiger partial charge < -0.3 is 4.90 Å². The molecule has 0 radical (unpaired) electrons. The summed E-state index contributed by atoms with van der Waals surface area (Å²) in [6.45, 7) is 0.593. The maximum Gasteiger partial charge on any atom is 0.254 e. The Bertz CT molecular complexity index is 1140. The predicted molar refractivity (Wildman–Crippen MR) is 103 cm³/mol. The number of likely N-dealkylation sites (tertiary alicyclic amines) is 1. The summed E-state index contributed by atoms with van der Waals surface area (Å²) in [4.78, 5) is 15.1. The number of benzene rings is 1. The van der Waals surface area contributed by atoms with Crippen LogP contribution in [0.15, 0.2) is 53.6 Å². The van der Waals surface area contributed by atoms with E-state index in [1.165, 1.54) is 26.2 Å². The zero-order valence-electron chi connectivity index (χ0n) is 15.7. The van der Waals surface area contributed by atoms with E-state index in [9.17, 15) is 13.2 Å². The lowest BCUT2D eigenvalue weighted by Crippen LogP contribution is -2.32. The van der Waals surface area contributed by atoms with Crippen molar-refractivity contribution in [1.29, 1.82) is 0 Å². The second-order valence-electron chi connectivity index (χ2n) is 6.96. The maximum absolute atomic E-state index is 13.2. The molecule has 8 nitrogen and oxygen atoms in total. The van der Waals surface area contributed by atoms with Gasteiger partial charge in [-0.3, -0.25) is 9.20 Å². The van der Waals surface area contributed by atoms with Crippen LogP contribution in [-0.4, -0.2) is 58.8 Å². The predicted octanol–water partition coefficient (Wildman–Crippen LogP) is 1.96. The number of amides is 1. The van der Waals surface area contributed by atoms with E-state index in [1.54, 1.807) is 17.0 Å². The van der Waals surface area contributed by atoms with E-state index in [0.717, 1.165) is 28.6 Å². The van der Waals surface area contributed by atoms with E-state index in [4.69, 9.17) is 0 Å². The van der Waals surface area contributed by atoms with Gasteiger partial charge in [0.05, 0.1) is 10.9 Å². The summed E-state index contributed by atoms with van der Waals surface area (Å²) < 4.78 is 27.8. The Morgan fingerprint density at radius 1 is 1.14 bits per heavy atom. The van der Waals surface area contributed by atoms with E-state index in [-0.39, 0.29) is 16.8 Å². The van der Waals surface area contributed by atoms with Gasteiger partial charge in [-0.25, -0.2) is 12.7 Å². The number of hydrogen-bond donors (Lipinski definition) is 0. The van der Waals surface area contributed by atoms with Crippen molar-refractivity contribution < 1.29 is 13.2 Å². The number of rotatable bonds is 4. The highest BCUT2D eigenvalue weighted by molar-refractivity contribution is 7.89. The minimum Gasteiger partial charge on any atom is -0.328 e. The van der Waals surface area contributed by atoms with Crippen LogP contribution in [0.5, 0.6) is 0 Å². The Morgan fingerprint density at radius 2 is 1.96 bits per heavy atom. The van der Waals surface area contributed by atoms with Crippen LogP contribution in [0.25, 0.3) is 5.65 Å². The van der Waals surface area contributed by atoms with Crippen LogP contribution in [-0.2, 0) is 10.0 Å². The molecule has 0 bridgehead atoms. The fraction of sp³-hybridized carbons (Fsp3) is 0.316. The molecule has 0 aliphatic carbocycles. The zero-order valence-corrected chi connectivity index (χ0v) is 16.5. The van der Waals surface area contributed by atoms with Crippen molar-refractivity contribution in [2.24, 2.45) is 0 Å². The first-order valence-corrected chi connectivity index (χ1v) is 10.5. The molecule has 3 heterocycles. The highest BCUT2D eigenvalue weighted by Crippen LogP contribution is 2.32. The Hall–Kier alpha value is -2.78. The Morgan fingerprint density at radius 3 is 2.75 bits per heavy atom. The standard InChI is InChI=1S/C19H21N5O3S/c1-22(2)28(26,27)15-8-5-7-14(13-15)19(25)23-12-6-9-16(23)18-21-20-17-10-3-4-11-24(17)18/h3-5,7-8,10-11,13,16H,6,9,12H2,1-2H3/t16-/m0/s1. The first-order chi connectivity index (χ1) is 13.4. The fourth-order valence-electron chi connectivity index (χ4n) is 3.53. The molecule has 1 aliphatic heterocycles. The minimum absolute atomic E-state index is 0.104. The molecule has 0 saturated carbocycles. The summed E-state index contributed by atoms with van der Waals surface area (Å²) in [7, 11) is -0.668. The number of pyridine rings is 1. The van der Waals surface area contributed by atoms with E-state index in [2.05, 4.69) is 10.2 Å². The Labute approximate surface area is 163 Å². The quantitative estimate of drug-likeness (QED) is 0.669. The normalized spacial score (nSPS) is 17.5. The summed E-state index contributed by atoms with van der Waals surface area (Å²) in [5.74, 6) is 0.518. The van der Waals surface area contributed by atoms with Crippen LogP contribution in [0.2, 0.25) is 0 Å².